The third-order valence-corrected chi connectivity index (χ3v) is 9.49. The monoisotopic (exact) mass is 444 g/mol. The largest absolute Gasteiger partial charge is 0.505 e. The fraction of sp³-hybridized carbons (Fsp3) is 0.778. The number of carbonyl (C=O) groups excluding carboxylic acids is 2. The molecule has 4 aliphatic rings. The van der Waals surface area contributed by atoms with Gasteiger partial charge in [-0.3, -0.25) is 9.59 Å². The van der Waals surface area contributed by atoms with Crippen LogP contribution in [0.2, 0.25) is 0 Å². The van der Waals surface area contributed by atoms with Gasteiger partial charge < -0.3 is 14.2 Å². The number of allylic oxidation sites excluding steroid dienone is 2. The van der Waals surface area contributed by atoms with E-state index in [0.29, 0.717) is 23.7 Å². The third-order valence-electron chi connectivity index (χ3n) is 9.49. The lowest BCUT2D eigenvalue weighted by atomic mass is 9.46. The molecule has 1 unspecified atom stereocenters. The van der Waals surface area contributed by atoms with Crippen LogP contribution in [0.4, 0.5) is 0 Å². The van der Waals surface area contributed by atoms with Crippen LogP contribution in [0, 0.1) is 34.5 Å². The lowest BCUT2D eigenvalue weighted by molar-refractivity contribution is -0.153. The summed E-state index contributed by atoms with van der Waals surface area (Å²) in [5.41, 5.74) is 1.68. The molecule has 0 saturated heterocycles. The molecule has 3 fully saturated rings. The molecular weight excluding hydrogens is 404 g/mol. The molecule has 0 N–H and O–H groups in total. The smallest absolute Gasteiger partial charge is 0.302 e. The molecule has 0 aromatic rings. The molecule has 0 amide bonds. The summed E-state index contributed by atoms with van der Waals surface area (Å²) in [5, 5.41) is 0. The van der Waals surface area contributed by atoms with Gasteiger partial charge in [-0.05, 0) is 81.1 Å². The van der Waals surface area contributed by atoms with Gasteiger partial charge in [0, 0.05) is 31.6 Å². The van der Waals surface area contributed by atoms with Crippen molar-refractivity contribution in [2.75, 3.05) is 7.11 Å². The van der Waals surface area contributed by atoms with E-state index >= 15 is 0 Å². The van der Waals surface area contributed by atoms with E-state index in [1.807, 2.05) is 6.26 Å². The summed E-state index contributed by atoms with van der Waals surface area (Å²) >= 11 is 0. The molecule has 32 heavy (non-hydrogen) atoms. The topological polar surface area (TPSA) is 61.8 Å². The normalized spacial score (nSPS) is 41.7. The number of esters is 2. The zero-order valence-corrected chi connectivity index (χ0v) is 20.4. The summed E-state index contributed by atoms with van der Waals surface area (Å²) in [6, 6.07) is 0. The molecule has 0 spiro atoms. The van der Waals surface area contributed by atoms with E-state index in [2.05, 4.69) is 26.0 Å². The summed E-state index contributed by atoms with van der Waals surface area (Å²) in [6.07, 6.45) is 15.2. The third kappa shape index (κ3) is 3.90. The first-order valence-electron chi connectivity index (χ1n) is 12.5. The fourth-order valence-electron chi connectivity index (χ4n) is 8.32. The van der Waals surface area contributed by atoms with E-state index in [1.54, 1.807) is 7.11 Å². The lowest BCUT2D eigenvalue weighted by Crippen LogP contribution is -2.52. The van der Waals surface area contributed by atoms with Crippen molar-refractivity contribution in [3.63, 3.8) is 0 Å². The zero-order valence-electron chi connectivity index (χ0n) is 20.4. The molecule has 5 nitrogen and oxygen atoms in total. The number of carbonyl (C=O) groups is 2. The molecule has 3 saturated carbocycles. The van der Waals surface area contributed by atoms with E-state index in [-0.39, 0.29) is 35.0 Å². The fourth-order valence-corrected chi connectivity index (χ4v) is 8.32. The minimum Gasteiger partial charge on any atom is -0.505 e. The van der Waals surface area contributed by atoms with Crippen molar-refractivity contribution in [3.8, 4) is 0 Å². The van der Waals surface area contributed by atoms with Crippen molar-refractivity contribution < 1.29 is 23.8 Å². The van der Waals surface area contributed by atoms with Crippen molar-refractivity contribution >= 4 is 11.9 Å². The van der Waals surface area contributed by atoms with Crippen molar-refractivity contribution in [2.45, 2.75) is 91.3 Å². The molecular formula is C27H40O5. The van der Waals surface area contributed by atoms with E-state index in [0.717, 1.165) is 32.1 Å². The average molecular weight is 445 g/mol. The van der Waals surface area contributed by atoms with Crippen LogP contribution in [0.1, 0.15) is 79.1 Å². The van der Waals surface area contributed by atoms with E-state index in [9.17, 15) is 9.59 Å². The molecule has 178 valence electrons. The molecule has 0 heterocycles. The van der Waals surface area contributed by atoms with Gasteiger partial charge in [-0.25, -0.2) is 0 Å². The molecule has 0 aliphatic heterocycles. The Labute approximate surface area is 192 Å². The summed E-state index contributed by atoms with van der Waals surface area (Å²) in [7, 11) is 1.72. The second kappa shape index (κ2) is 8.87. The Morgan fingerprint density at radius 2 is 1.88 bits per heavy atom. The highest BCUT2D eigenvalue weighted by Gasteiger charge is 2.60. The van der Waals surface area contributed by atoms with E-state index < -0.39 is 0 Å². The molecule has 0 aromatic heterocycles. The van der Waals surface area contributed by atoms with Gasteiger partial charge in [-0.15, -0.1) is 0 Å². The van der Waals surface area contributed by atoms with Crippen molar-refractivity contribution in [1.29, 1.82) is 0 Å². The summed E-state index contributed by atoms with van der Waals surface area (Å²) in [4.78, 5) is 23.2. The number of ether oxygens (including phenoxy) is 3. The summed E-state index contributed by atoms with van der Waals surface area (Å²) < 4.78 is 16.7. The van der Waals surface area contributed by atoms with Gasteiger partial charge in [0.15, 0.2) is 0 Å². The van der Waals surface area contributed by atoms with Gasteiger partial charge in [0.25, 0.3) is 0 Å². The van der Waals surface area contributed by atoms with Gasteiger partial charge >= 0.3 is 11.9 Å². The van der Waals surface area contributed by atoms with Crippen LogP contribution < -0.4 is 0 Å². The second-order valence-corrected chi connectivity index (χ2v) is 10.9. The Bertz CT molecular complexity index is 800. The van der Waals surface area contributed by atoms with Crippen LogP contribution in [-0.4, -0.2) is 31.3 Å². The number of methoxy groups -OCH3 is 1. The number of hydrogen-bond donors (Lipinski definition) is 0. The van der Waals surface area contributed by atoms with Crippen LogP contribution in [0.5, 0.6) is 0 Å². The number of rotatable bonds is 5. The van der Waals surface area contributed by atoms with Gasteiger partial charge in [-0.1, -0.05) is 18.6 Å². The SMILES string of the molecule is CO/C=C/[C@]12CC[C@H](OC(C)=O)CC1=CC[C@H]1[C@@H]3CC[C@H](C(C)OC(C)=O)[C@@]3(C)CC[C@@H]12. The van der Waals surface area contributed by atoms with Crippen LogP contribution >= 0.6 is 0 Å². The Morgan fingerprint density at radius 1 is 1.09 bits per heavy atom. The zero-order chi connectivity index (χ0) is 23.1. The molecule has 4 aliphatic carbocycles. The highest BCUT2D eigenvalue weighted by Crippen LogP contribution is 2.67. The number of fused-ring (bicyclic) bond motifs is 5. The van der Waals surface area contributed by atoms with Gasteiger partial charge in [0.1, 0.15) is 12.2 Å². The predicted molar refractivity (Wildman–Crippen MR) is 122 cm³/mol. The highest BCUT2D eigenvalue weighted by atomic mass is 16.5. The molecule has 8 atom stereocenters. The van der Waals surface area contributed by atoms with Gasteiger partial charge in [0.05, 0.1) is 13.4 Å². The Hall–Kier alpha value is -1.78. The Morgan fingerprint density at radius 3 is 2.56 bits per heavy atom. The predicted octanol–water partition coefficient (Wildman–Crippen LogP) is 5.59. The second-order valence-electron chi connectivity index (χ2n) is 10.9. The quantitative estimate of drug-likeness (QED) is 0.314. The first-order chi connectivity index (χ1) is 15.2. The Balaban J connectivity index is 1.62. The molecule has 5 heteroatoms. The summed E-state index contributed by atoms with van der Waals surface area (Å²) in [6.45, 7) is 7.57. The molecule has 4 rings (SSSR count). The number of hydrogen-bond acceptors (Lipinski definition) is 5. The van der Waals surface area contributed by atoms with Crippen LogP contribution in [0.3, 0.4) is 0 Å². The molecule has 0 bridgehead atoms. The van der Waals surface area contributed by atoms with Crippen molar-refractivity contribution in [2.24, 2.45) is 34.5 Å². The minimum atomic E-state index is -0.184. The first kappa shape index (κ1) is 23.4. The minimum absolute atomic E-state index is 0.00586. The van der Waals surface area contributed by atoms with Gasteiger partial charge in [0.2, 0.25) is 0 Å². The maximum Gasteiger partial charge on any atom is 0.302 e. The Kier molecular flexibility index (Phi) is 6.48. The molecule has 0 aromatic carbocycles. The van der Waals surface area contributed by atoms with Crippen LogP contribution in [-0.2, 0) is 23.8 Å². The standard InChI is InChI=1S/C27H40O5/c1-17(31-18(2)28)23-8-9-24-22-7-6-20-16-21(32-19(3)29)10-13-27(20,14-15-30-5)25(22)11-12-26(23,24)4/h6,14-15,17,21-25H,7-13,16H2,1-5H3/b15-14+/t17?,21-,22-,23+,24-,25-,26+,27+/m0/s1. The first-order valence-corrected chi connectivity index (χ1v) is 12.5. The van der Waals surface area contributed by atoms with Crippen LogP contribution in [0.15, 0.2) is 24.0 Å². The van der Waals surface area contributed by atoms with E-state index in [4.69, 9.17) is 14.2 Å². The maximum absolute atomic E-state index is 11.6. The molecule has 0 radical (unpaired) electrons. The highest BCUT2D eigenvalue weighted by molar-refractivity contribution is 5.66. The van der Waals surface area contributed by atoms with Crippen molar-refractivity contribution in [1.82, 2.24) is 0 Å². The maximum atomic E-state index is 11.6. The van der Waals surface area contributed by atoms with Crippen LogP contribution in [0.25, 0.3) is 0 Å². The lowest BCUT2D eigenvalue weighted by Gasteiger charge is -2.58. The average Bonchev–Trinajstić information content (AvgIpc) is 3.08. The van der Waals surface area contributed by atoms with E-state index in [1.165, 1.54) is 38.7 Å². The van der Waals surface area contributed by atoms with Crippen molar-refractivity contribution in [3.05, 3.63) is 24.0 Å². The van der Waals surface area contributed by atoms with Gasteiger partial charge in [-0.2, -0.15) is 0 Å². The summed E-state index contributed by atoms with van der Waals surface area (Å²) in [5.74, 6) is 1.97.